The van der Waals surface area contributed by atoms with Gasteiger partial charge in [-0.1, -0.05) is 179 Å². The third kappa shape index (κ3) is 5.22. The number of anilines is 3. The summed E-state index contributed by atoms with van der Waals surface area (Å²) in [7, 11) is 0. The van der Waals surface area contributed by atoms with Crippen LogP contribution in [0.15, 0.2) is 188 Å². The first-order valence-corrected chi connectivity index (χ1v) is 19.4. The van der Waals surface area contributed by atoms with E-state index in [0.29, 0.717) is 0 Å². The Bertz CT molecular complexity index is 2700. The SMILES string of the molecule is CC1(C)c2ccccc2-c2c1cc1c(c2-c2ccccc2)-c2ccc(N(c3ccccc3)c3ccc(-c4ccc(-c5ccccc5)cc4)cc3)cc2C1(C)C. The highest BCUT2D eigenvalue weighted by atomic mass is 15.1. The Morgan fingerprint density at radius 1 is 0.291 bits per heavy atom. The normalized spacial score (nSPS) is 14.1. The Balaban J connectivity index is 1.10. The quantitative estimate of drug-likeness (QED) is 0.166. The van der Waals surface area contributed by atoms with Gasteiger partial charge in [0, 0.05) is 27.9 Å². The topological polar surface area (TPSA) is 3.24 Å². The van der Waals surface area contributed by atoms with Gasteiger partial charge in [-0.25, -0.2) is 0 Å². The number of fused-ring (bicyclic) bond motifs is 6. The predicted molar refractivity (Wildman–Crippen MR) is 233 cm³/mol. The lowest BCUT2D eigenvalue weighted by molar-refractivity contribution is 0.639. The molecule has 1 heteroatoms. The van der Waals surface area contributed by atoms with E-state index in [1.807, 2.05) is 0 Å². The molecular formula is C54H43N. The van der Waals surface area contributed by atoms with Crippen LogP contribution in [0.5, 0.6) is 0 Å². The molecule has 2 aliphatic carbocycles. The minimum atomic E-state index is -0.206. The van der Waals surface area contributed by atoms with Crippen LogP contribution in [-0.4, -0.2) is 0 Å². The Morgan fingerprint density at radius 2 is 0.709 bits per heavy atom. The van der Waals surface area contributed by atoms with Crippen molar-refractivity contribution in [3.05, 3.63) is 210 Å². The van der Waals surface area contributed by atoms with Crippen LogP contribution >= 0.6 is 0 Å². The van der Waals surface area contributed by atoms with Crippen LogP contribution in [0.25, 0.3) is 55.6 Å². The van der Waals surface area contributed by atoms with Gasteiger partial charge in [-0.15, -0.1) is 0 Å². The molecule has 10 rings (SSSR count). The van der Waals surface area contributed by atoms with Crippen molar-refractivity contribution in [1.82, 2.24) is 0 Å². The summed E-state index contributed by atoms with van der Waals surface area (Å²) < 4.78 is 0. The van der Waals surface area contributed by atoms with E-state index in [1.54, 1.807) is 0 Å². The number of para-hydroxylation sites is 1. The van der Waals surface area contributed by atoms with Crippen molar-refractivity contribution in [2.24, 2.45) is 0 Å². The van der Waals surface area contributed by atoms with E-state index in [2.05, 4.69) is 221 Å². The summed E-state index contributed by atoms with van der Waals surface area (Å²) in [6.45, 7) is 9.63. The standard InChI is InChI=1S/C54H43N/c1-53(2)46-23-15-14-22-44(46)51-48(53)35-49-52(50(51)40-18-10-6-11-19-40)45-33-32-43(34-47(45)54(49,3)4)55(41-20-12-7-13-21-41)42-30-28-39(29-31-42)38-26-24-37(25-27-38)36-16-8-5-9-17-36/h5-35H,1-4H3. The summed E-state index contributed by atoms with van der Waals surface area (Å²) in [6.07, 6.45) is 0. The van der Waals surface area contributed by atoms with Gasteiger partial charge in [0.2, 0.25) is 0 Å². The first kappa shape index (κ1) is 33.2. The summed E-state index contributed by atoms with van der Waals surface area (Å²) in [4.78, 5) is 2.40. The molecule has 0 atom stereocenters. The maximum absolute atomic E-state index is 2.55. The van der Waals surface area contributed by atoms with Crippen molar-refractivity contribution in [1.29, 1.82) is 0 Å². The summed E-state index contributed by atoms with van der Waals surface area (Å²) in [5, 5.41) is 0. The van der Waals surface area contributed by atoms with Crippen LogP contribution in [0.4, 0.5) is 17.1 Å². The number of nitrogens with zero attached hydrogens (tertiary/aromatic N) is 1. The molecule has 0 aliphatic heterocycles. The second kappa shape index (κ2) is 12.6. The molecule has 8 aromatic carbocycles. The molecule has 0 radical (unpaired) electrons. The van der Waals surface area contributed by atoms with Crippen molar-refractivity contribution in [3.63, 3.8) is 0 Å². The molecule has 1 nitrogen and oxygen atoms in total. The molecule has 264 valence electrons. The van der Waals surface area contributed by atoms with Crippen LogP contribution in [0.1, 0.15) is 49.9 Å². The molecule has 0 amide bonds. The van der Waals surface area contributed by atoms with E-state index >= 15 is 0 Å². The van der Waals surface area contributed by atoms with Gasteiger partial charge in [-0.2, -0.15) is 0 Å². The van der Waals surface area contributed by atoms with Gasteiger partial charge in [-0.05, 0) is 114 Å². The monoisotopic (exact) mass is 705 g/mol. The second-order valence-corrected chi connectivity index (χ2v) is 16.1. The molecule has 0 fully saturated rings. The van der Waals surface area contributed by atoms with E-state index in [1.165, 1.54) is 77.9 Å². The fourth-order valence-corrected chi connectivity index (χ4v) is 9.38. The molecule has 0 N–H and O–H groups in total. The van der Waals surface area contributed by atoms with E-state index in [-0.39, 0.29) is 10.8 Å². The highest BCUT2D eigenvalue weighted by molar-refractivity contribution is 6.04. The number of hydrogen-bond acceptors (Lipinski definition) is 1. The highest BCUT2D eigenvalue weighted by Gasteiger charge is 2.44. The molecule has 0 heterocycles. The second-order valence-electron chi connectivity index (χ2n) is 16.1. The smallest absolute Gasteiger partial charge is 0.0465 e. The predicted octanol–water partition coefficient (Wildman–Crippen LogP) is 14.8. The molecule has 0 unspecified atom stereocenters. The average molecular weight is 706 g/mol. The van der Waals surface area contributed by atoms with E-state index < -0.39 is 0 Å². The fourth-order valence-electron chi connectivity index (χ4n) is 9.38. The number of hydrogen-bond donors (Lipinski definition) is 0. The van der Waals surface area contributed by atoms with E-state index in [4.69, 9.17) is 0 Å². The first-order valence-electron chi connectivity index (χ1n) is 19.4. The van der Waals surface area contributed by atoms with Crippen LogP contribution in [0.2, 0.25) is 0 Å². The molecule has 0 aromatic heterocycles. The van der Waals surface area contributed by atoms with Gasteiger partial charge in [0.25, 0.3) is 0 Å². The van der Waals surface area contributed by atoms with E-state index in [9.17, 15) is 0 Å². The van der Waals surface area contributed by atoms with E-state index in [0.717, 1.165) is 17.1 Å². The van der Waals surface area contributed by atoms with Crippen molar-refractivity contribution >= 4 is 17.1 Å². The zero-order valence-electron chi connectivity index (χ0n) is 31.8. The van der Waals surface area contributed by atoms with Crippen molar-refractivity contribution in [3.8, 4) is 55.6 Å². The molecule has 0 saturated carbocycles. The minimum Gasteiger partial charge on any atom is -0.310 e. The lowest BCUT2D eigenvalue weighted by Gasteiger charge is -2.29. The Morgan fingerprint density at radius 3 is 1.31 bits per heavy atom. The Hall–Kier alpha value is -6.44. The third-order valence-electron chi connectivity index (χ3n) is 12.3. The van der Waals surface area contributed by atoms with Crippen LogP contribution in [0.3, 0.4) is 0 Å². The molecule has 8 aromatic rings. The summed E-state index contributed by atoms with van der Waals surface area (Å²) in [6, 6.07) is 69.1. The van der Waals surface area contributed by atoms with Gasteiger partial charge >= 0.3 is 0 Å². The zero-order valence-corrected chi connectivity index (χ0v) is 31.8. The van der Waals surface area contributed by atoms with Crippen molar-refractivity contribution < 1.29 is 0 Å². The number of rotatable bonds is 6. The largest absolute Gasteiger partial charge is 0.310 e. The molecular weight excluding hydrogens is 663 g/mol. The molecule has 0 bridgehead atoms. The third-order valence-corrected chi connectivity index (χ3v) is 12.3. The lowest BCUT2D eigenvalue weighted by atomic mass is 9.76. The Labute approximate surface area is 325 Å². The Kier molecular flexibility index (Phi) is 7.58. The van der Waals surface area contributed by atoms with Gasteiger partial charge in [-0.3, -0.25) is 0 Å². The maximum atomic E-state index is 2.55. The minimum absolute atomic E-state index is 0.0965. The van der Waals surface area contributed by atoms with Crippen molar-refractivity contribution in [2.45, 2.75) is 38.5 Å². The molecule has 2 aliphatic rings. The van der Waals surface area contributed by atoms with Crippen LogP contribution in [-0.2, 0) is 10.8 Å². The average Bonchev–Trinajstić information content (AvgIpc) is 3.60. The molecule has 0 saturated heterocycles. The summed E-state index contributed by atoms with van der Waals surface area (Å²) in [5.74, 6) is 0. The summed E-state index contributed by atoms with van der Waals surface area (Å²) in [5.41, 5.74) is 21.7. The number of benzene rings is 8. The maximum Gasteiger partial charge on any atom is 0.0465 e. The van der Waals surface area contributed by atoms with Gasteiger partial charge in [0.15, 0.2) is 0 Å². The summed E-state index contributed by atoms with van der Waals surface area (Å²) >= 11 is 0. The molecule has 0 spiro atoms. The fraction of sp³-hybridized carbons (Fsp3) is 0.111. The van der Waals surface area contributed by atoms with Gasteiger partial charge < -0.3 is 4.90 Å². The highest BCUT2D eigenvalue weighted by Crippen LogP contribution is 2.61. The van der Waals surface area contributed by atoms with Gasteiger partial charge in [0.05, 0.1) is 0 Å². The molecule has 55 heavy (non-hydrogen) atoms. The lowest BCUT2D eigenvalue weighted by Crippen LogP contribution is -2.19. The van der Waals surface area contributed by atoms with Crippen LogP contribution in [0, 0.1) is 0 Å². The van der Waals surface area contributed by atoms with Gasteiger partial charge in [0.1, 0.15) is 0 Å². The first-order chi connectivity index (χ1) is 26.8. The zero-order chi connectivity index (χ0) is 37.3. The van der Waals surface area contributed by atoms with Crippen LogP contribution < -0.4 is 4.90 Å². The van der Waals surface area contributed by atoms with Crippen molar-refractivity contribution in [2.75, 3.05) is 4.90 Å².